The van der Waals surface area contributed by atoms with Crippen molar-refractivity contribution in [3.8, 4) is 0 Å². The first-order valence-electron chi connectivity index (χ1n) is 5.19. The highest BCUT2D eigenvalue weighted by molar-refractivity contribution is 6.30. The first kappa shape index (κ1) is 11.8. The molecule has 0 amide bonds. The van der Waals surface area contributed by atoms with E-state index in [1.807, 2.05) is 30.3 Å². The van der Waals surface area contributed by atoms with Crippen molar-refractivity contribution in [2.45, 2.75) is 13.2 Å². The lowest BCUT2D eigenvalue weighted by Crippen LogP contribution is -2.05. The Hall–Kier alpha value is -1.65. The average molecular weight is 250 g/mol. The molecule has 0 atom stereocenters. The van der Waals surface area contributed by atoms with Gasteiger partial charge in [-0.25, -0.2) is 9.97 Å². The molecular formula is C12H12ClN3O. The Morgan fingerprint density at radius 1 is 1.18 bits per heavy atom. The molecule has 0 saturated carbocycles. The summed E-state index contributed by atoms with van der Waals surface area (Å²) < 4.78 is 0. The zero-order valence-electron chi connectivity index (χ0n) is 9.10. The molecule has 2 rings (SSSR count). The molecule has 2 N–H and O–H groups in total. The fourth-order valence-electron chi connectivity index (χ4n) is 1.46. The second kappa shape index (κ2) is 5.61. The zero-order chi connectivity index (χ0) is 12.1. The number of aromatic nitrogens is 2. The summed E-state index contributed by atoms with van der Waals surface area (Å²) >= 11 is 5.86. The van der Waals surface area contributed by atoms with E-state index in [9.17, 15) is 5.11 Å². The van der Waals surface area contributed by atoms with Crippen LogP contribution in [0, 0.1) is 0 Å². The molecule has 88 valence electrons. The Labute approximate surface area is 104 Å². The second-order valence-electron chi connectivity index (χ2n) is 3.49. The smallest absolute Gasteiger partial charge is 0.140 e. The first-order valence-corrected chi connectivity index (χ1v) is 5.57. The molecule has 2 aromatic rings. The number of aliphatic hydroxyl groups excluding tert-OH is 1. The Morgan fingerprint density at radius 3 is 2.65 bits per heavy atom. The molecule has 0 aliphatic rings. The summed E-state index contributed by atoms with van der Waals surface area (Å²) in [5.74, 6) is 0.566. The van der Waals surface area contributed by atoms with Gasteiger partial charge in [0.1, 0.15) is 17.3 Å². The zero-order valence-corrected chi connectivity index (χ0v) is 9.85. The van der Waals surface area contributed by atoms with Gasteiger partial charge in [0, 0.05) is 6.54 Å². The van der Waals surface area contributed by atoms with Crippen molar-refractivity contribution < 1.29 is 5.11 Å². The van der Waals surface area contributed by atoms with Crippen LogP contribution in [-0.4, -0.2) is 15.1 Å². The molecular weight excluding hydrogens is 238 g/mol. The molecule has 0 aliphatic heterocycles. The minimum atomic E-state index is -0.184. The third-order valence-corrected chi connectivity index (χ3v) is 2.68. The van der Waals surface area contributed by atoms with Crippen molar-refractivity contribution in [2.75, 3.05) is 5.32 Å². The summed E-state index contributed by atoms with van der Waals surface area (Å²) in [6.45, 7) is 0.442. The van der Waals surface area contributed by atoms with E-state index in [1.54, 1.807) is 0 Å². The number of hydrogen-bond acceptors (Lipinski definition) is 4. The normalized spacial score (nSPS) is 10.2. The van der Waals surface area contributed by atoms with E-state index >= 15 is 0 Å². The van der Waals surface area contributed by atoms with Crippen LogP contribution in [0.2, 0.25) is 5.15 Å². The summed E-state index contributed by atoms with van der Waals surface area (Å²) in [5, 5.41) is 12.6. The molecule has 5 heteroatoms. The number of halogens is 1. The van der Waals surface area contributed by atoms with Gasteiger partial charge in [-0.05, 0) is 5.56 Å². The highest BCUT2D eigenvalue weighted by atomic mass is 35.5. The lowest BCUT2D eigenvalue weighted by atomic mass is 10.2. The van der Waals surface area contributed by atoms with E-state index < -0.39 is 0 Å². The van der Waals surface area contributed by atoms with Gasteiger partial charge in [-0.3, -0.25) is 0 Å². The van der Waals surface area contributed by atoms with E-state index in [0.717, 1.165) is 5.56 Å². The molecule has 0 saturated heterocycles. The highest BCUT2D eigenvalue weighted by Crippen LogP contribution is 2.19. The molecule has 1 aromatic carbocycles. The van der Waals surface area contributed by atoms with Crippen LogP contribution in [0.15, 0.2) is 36.7 Å². The lowest BCUT2D eigenvalue weighted by molar-refractivity contribution is 0.281. The van der Waals surface area contributed by atoms with Gasteiger partial charge in [-0.15, -0.1) is 0 Å². The minimum absolute atomic E-state index is 0.184. The summed E-state index contributed by atoms with van der Waals surface area (Å²) in [5.41, 5.74) is 1.65. The van der Waals surface area contributed by atoms with E-state index in [1.165, 1.54) is 6.33 Å². The predicted octanol–water partition coefficient (Wildman–Crippen LogP) is 2.23. The summed E-state index contributed by atoms with van der Waals surface area (Å²) in [6, 6.07) is 9.92. The monoisotopic (exact) mass is 249 g/mol. The summed E-state index contributed by atoms with van der Waals surface area (Å²) in [6.07, 6.45) is 1.37. The number of nitrogens with one attached hydrogen (secondary N) is 1. The molecule has 4 nitrogen and oxygen atoms in total. The van der Waals surface area contributed by atoms with E-state index in [-0.39, 0.29) is 11.8 Å². The molecule has 17 heavy (non-hydrogen) atoms. The molecule has 0 unspecified atom stereocenters. The Kier molecular flexibility index (Phi) is 3.90. The van der Waals surface area contributed by atoms with Crippen molar-refractivity contribution in [2.24, 2.45) is 0 Å². The fraction of sp³-hybridized carbons (Fsp3) is 0.167. The molecule has 1 aromatic heterocycles. The van der Waals surface area contributed by atoms with E-state index in [0.29, 0.717) is 17.9 Å². The van der Waals surface area contributed by atoms with Gasteiger partial charge < -0.3 is 10.4 Å². The Balaban J connectivity index is 2.12. The fourth-order valence-corrected chi connectivity index (χ4v) is 1.66. The third-order valence-electron chi connectivity index (χ3n) is 2.35. The number of rotatable bonds is 4. The van der Waals surface area contributed by atoms with Crippen molar-refractivity contribution in [1.82, 2.24) is 9.97 Å². The summed E-state index contributed by atoms with van der Waals surface area (Å²) in [4.78, 5) is 7.88. The number of hydrogen-bond donors (Lipinski definition) is 2. The number of nitrogens with zero attached hydrogens (tertiary/aromatic N) is 2. The van der Waals surface area contributed by atoms with Crippen LogP contribution in [-0.2, 0) is 13.2 Å². The molecule has 0 spiro atoms. The van der Waals surface area contributed by atoms with Crippen LogP contribution in [0.3, 0.4) is 0 Å². The van der Waals surface area contributed by atoms with Gasteiger partial charge in [0.05, 0.1) is 12.2 Å². The van der Waals surface area contributed by atoms with Gasteiger partial charge in [-0.1, -0.05) is 41.9 Å². The standard InChI is InChI=1S/C12H12ClN3O/c13-11-10(7-17)12(16-8-15-11)14-6-9-4-2-1-3-5-9/h1-5,8,17H,6-7H2,(H,14,15,16). The van der Waals surface area contributed by atoms with Crippen LogP contribution in [0.25, 0.3) is 0 Å². The average Bonchev–Trinajstić information content (AvgIpc) is 2.37. The maximum atomic E-state index is 9.19. The van der Waals surface area contributed by atoms with Crippen molar-refractivity contribution >= 4 is 17.4 Å². The third kappa shape index (κ3) is 2.93. The Morgan fingerprint density at radius 2 is 1.94 bits per heavy atom. The van der Waals surface area contributed by atoms with Crippen LogP contribution in [0.4, 0.5) is 5.82 Å². The van der Waals surface area contributed by atoms with Gasteiger partial charge in [0.2, 0.25) is 0 Å². The molecule has 0 aliphatic carbocycles. The lowest BCUT2D eigenvalue weighted by Gasteiger charge is -2.09. The number of benzene rings is 1. The van der Waals surface area contributed by atoms with E-state index in [2.05, 4.69) is 15.3 Å². The van der Waals surface area contributed by atoms with E-state index in [4.69, 9.17) is 11.6 Å². The molecule has 0 radical (unpaired) electrons. The SMILES string of the molecule is OCc1c(Cl)ncnc1NCc1ccccc1. The number of anilines is 1. The summed E-state index contributed by atoms with van der Waals surface area (Å²) in [7, 11) is 0. The van der Waals surface area contributed by atoms with Crippen LogP contribution in [0.1, 0.15) is 11.1 Å². The quantitative estimate of drug-likeness (QED) is 0.816. The van der Waals surface area contributed by atoms with Gasteiger partial charge in [0.15, 0.2) is 0 Å². The second-order valence-corrected chi connectivity index (χ2v) is 3.85. The highest BCUT2D eigenvalue weighted by Gasteiger charge is 2.07. The van der Waals surface area contributed by atoms with Gasteiger partial charge >= 0.3 is 0 Å². The predicted molar refractivity (Wildman–Crippen MR) is 66.7 cm³/mol. The van der Waals surface area contributed by atoms with Crippen molar-refractivity contribution in [3.63, 3.8) is 0 Å². The largest absolute Gasteiger partial charge is 0.391 e. The van der Waals surface area contributed by atoms with Crippen LogP contribution in [0.5, 0.6) is 0 Å². The molecule has 1 heterocycles. The van der Waals surface area contributed by atoms with Gasteiger partial charge in [0.25, 0.3) is 0 Å². The van der Waals surface area contributed by atoms with Crippen molar-refractivity contribution in [3.05, 3.63) is 52.9 Å². The van der Waals surface area contributed by atoms with Crippen LogP contribution >= 0.6 is 11.6 Å². The number of aliphatic hydroxyl groups is 1. The van der Waals surface area contributed by atoms with Crippen LogP contribution < -0.4 is 5.32 Å². The van der Waals surface area contributed by atoms with Gasteiger partial charge in [-0.2, -0.15) is 0 Å². The molecule has 0 bridgehead atoms. The minimum Gasteiger partial charge on any atom is -0.391 e. The molecule has 0 fully saturated rings. The topological polar surface area (TPSA) is 58.0 Å². The Bertz CT molecular complexity index is 490. The maximum absolute atomic E-state index is 9.19. The first-order chi connectivity index (χ1) is 8.31. The van der Waals surface area contributed by atoms with Crippen molar-refractivity contribution in [1.29, 1.82) is 0 Å². The maximum Gasteiger partial charge on any atom is 0.140 e.